The number of hydrogen-bond acceptors (Lipinski definition) is 3. The second-order valence-electron chi connectivity index (χ2n) is 6.63. The minimum atomic E-state index is -0.219. The van der Waals surface area contributed by atoms with Gasteiger partial charge in [0.05, 0.1) is 6.04 Å². The molecule has 138 valence electrons. The number of hydrogen-bond donors (Lipinski definition) is 2. The quantitative estimate of drug-likeness (QED) is 0.366. The third-order valence-corrected chi connectivity index (χ3v) is 4.44. The second kappa shape index (κ2) is 10.0. The Bertz CT molecular complexity index is 666. The smallest absolute Gasteiger partial charge is 0.191 e. The van der Waals surface area contributed by atoms with Gasteiger partial charge in [0.25, 0.3) is 0 Å². The summed E-state index contributed by atoms with van der Waals surface area (Å²) in [6.07, 6.45) is 0. The van der Waals surface area contributed by atoms with Crippen molar-refractivity contribution in [1.82, 2.24) is 10.6 Å². The largest absolute Gasteiger partial charge is 0.488 e. The van der Waals surface area contributed by atoms with Gasteiger partial charge in [0.1, 0.15) is 11.4 Å². The molecule has 25 heavy (non-hydrogen) atoms. The number of rotatable bonds is 5. The predicted molar refractivity (Wildman–Crippen MR) is 118 cm³/mol. The Balaban J connectivity index is 0.00000312. The van der Waals surface area contributed by atoms with Gasteiger partial charge in [-0.3, -0.25) is 4.99 Å². The number of para-hydroxylation sites is 1. The van der Waals surface area contributed by atoms with Crippen LogP contribution >= 0.6 is 35.3 Å². The summed E-state index contributed by atoms with van der Waals surface area (Å²) in [5.41, 5.74) is 0.892. The molecule has 0 aliphatic carbocycles. The van der Waals surface area contributed by atoms with Gasteiger partial charge in [0, 0.05) is 24.0 Å². The van der Waals surface area contributed by atoms with Crippen LogP contribution < -0.4 is 15.4 Å². The van der Waals surface area contributed by atoms with Gasteiger partial charge in [-0.05, 0) is 45.2 Å². The number of nitrogens with one attached hydrogen (secondary N) is 2. The maximum atomic E-state index is 6.04. The molecule has 1 unspecified atom stereocenters. The summed E-state index contributed by atoms with van der Waals surface area (Å²) in [6.45, 7) is 8.96. The van der Waals surface area contributed by atoms with Gasteiger partial charge in [-0.15, -0.1) is 35.3 Å². The molecule has 1 aromatic carbocycles. The van der Waals surface area contributed by atoms with E-state index < -0.39 is 0 Å². The van der Waals surface area contributed by atoms with E-state index in [0.717, 1.165) is 17.3 Å². The number of thiophene rings is 1. The highest BCUT2D eigenvalue weighted by atomic mass is 127. The molecular formula is C19H28IN3OS. The lowest BCUT2D eigenvalue weighted by Crippen LogP contribution is -2.38. The summed E-state index contributed by atoms with van der Waals surface area (Å²) in [5.74, 6) is 1.68. The molecule has 0 bridgehead atoms. The zero-order chi connectivity index (χ0) is 17.6. The summed E-state index contributed by atoms with van der Waals surface area (Å²) in [7, 11) is 1.79. The van der Waals surface area contributed by atoms with Gasteiger partial charge in [-0.1, -0.05) is 24.3 Å². The van der Waals surface area contributed by atoms with Crippen LogP contribution in [0.5, 0.6) is 5.75 Å². The summed E-state index contributed by atoms with van der Waals surface area (Å²) < 4.78 is 6.04. The highest BCUT2D eigenvalue weighted by molar-refractivity contribution is 14.0. The average molecular weight is 473 g/mol. The number of benzene rings is 1. The molecule has 1 heterocycles. The molecule has 0 aliphatic heterocycles. The molecule has 0 aliphatic rings. The Kier molecular flexibility index (Phi) is 8.71. The van der Waals surface area contributed by atoms with Crippen molar-refractivity contribution in [2.75, 3.05) is 7.05 Å². The average Bonchev–Trinajstić information content (AvgIpc) is 3.05. The van der Waals surface area contributed by atoms with Crippen molar-refractivity contribution in [1.29, 1.82) is 0 Å². The molecule has 2 N–H and O–H groups in total. The van der Waals surface area contributed by atoms with Crippen LogP contribution in [0.15, 0.2) is 46.8 Å². The predicted octanol–water partition coefficient (Wildman–Crippen LogP) is 4.97. The molecule has 0 fully saturated rings. The highest BCUT2D eigenvalue weighted by Gasteiger charge is 2.15. The molecule has 0 amide bonds. The van der Waals surface area contributed by atoms with Gasteiger partial charge in [0.15, 0.2) is 5.96 Å². The van der Waals surface area contributed by atoms with Gasteiger partial charge < -0.3 is 15.4 Å². The van der Waals surface area contributed by atoms with Crippen molar-refractivity contribution in [3.05, 3.63) is 52.2 Å². The molecule has 0 saturated heterocycles. The molecule has 4 nitrogen and oxygen atoms in total. The van der Waals surface area contributed by atoms with E-state index in [1.165, 1.54) is 4.88 Å². The van der Waals surface area contributed by atoms with Crippen molar-refractivity contribution in [3.8, 4) is 5.75 Å². The SMILES string of the molecule is CN=C(NCc1ccccc1OC(C)(C)C)NC(C)c1cccs1.I. The highest BCUT2D eigenvalue weighted by Crippen LogP contribution is 2.23. The monoisotopic (exact) mass is 473 g/mol. The maximum absolute atomic E-state index is 6.04. The lowest BCUT2D eigenvalue weighted by molar-refractivity contribution is 0.129. The van der Waals surface area contributed by atoms with Crippen molar-refractivity contribution < 1.29 is 4.74 Å². The Hall–Kier alpha value is -1.28. The van der Waals surface area contributed by atoms with Crippen LogP contribution in [-0.2, 0) is 6.54 Å². The Morgan fingerprint density at radius 3 is 2.52 bits per heavy atom. The summed E-state index contributed by atoms with van der Waals surface area (Å²) >= 11 is 1.74. The minimum Gasteiger partial charge on any atom is -0.488 e. The van der Waals surface area contributed by atoms with E-state index >= 15 is 0 Å². The third kappa shape index (κ3) is 7.23. The molecule has 1 atom stereocenters. The molecule has 0 saturated carbocycles. The van der Waals surface area contributed by atoms with E-state index in [-0.39, 0.29) is 35.6 Å². The molecular weight excluding hydrogens is 445 g/mol. The fourth-order valence-electron chi connectivity index (χ4n) is 2.27. The molecule has 0 radical (unpaired) electrons. The summed E-state index contributed by atoms with van der Waals surface area (Å²) in [4.78, 5) is 5.60. The fraction of sp³-hybridized carbons (Fsp3) is 0.421. The van der Waals surface area contributed by atoms with E-state index in [0.29, 0.717) is 6.54 Å². The van der Waals surface area contributed by atoms with Crippen LogP contribution in [0.4, 0.5) is 0 Å². The van der Waals surface area contributed by atoms with Crippen molar-refractivity contribution >= 4 is 41.3 Å². The fourth-order valence-corrected chi connectivity index (χ4v) is 3.00. The van der Waals surface area contributed by atoms with Gasteiger partial charge in [-0.2, -0.15) is 0 Å². The zero-order valence-corrected chi connectivity index (χ0v) is 18.6. The molecule has 2 aromatic rings. The molecule has 2 rings (SSSR count). The first-order valence-electron chi connectivity index (χ1n) is 8.16. The van der Waals surface area contributed by atoms with Crippen LogP contribution in [0.25, 0.3) is 0 Å². The van der Waals surface area contributed by atoms with Gasteiger partial charge in [-0.25, -0.2) is 0 Å². The third-order valence-electron chi connectivity index (χ3n) is 3.38. The van der Waals surface area contributed by atoms with Crippen molar-refractivity contribution in [3.63, 3.8) is 0 Å². The first-order valence-corrected chi connectivity index (χ1v) is 9.04. The minimum absolute atomic E-state index is 0. The van der Waals surface area contributed by atoms with Crippen LogP contribution in [0.1, 0.15) is 44.2 Å². The zero-order valence-electron chi connectivity index (χ0n) is 15.5. The maximum Gasteiger partial charge on any atom is 0.191 e. The van der Waals surface area contributed by atoms with Gasteiger partial charge in [0.2, 0.25) is 0 Å². The van der Waals surface area contributed by atoms with E-state index in [1.807, 2.05) is 18.2 Å². The number of guanidine groups is 1. The van der Waals surface area contributed by atoms with Crippen LogP contribution in [0.2, 0.25) is 0 Å². The summed E-state index contributed by atoms with van der Waals surface area (Å²) in [5, 5.41) is 8.87. The first-order chi connectivity index (χ1) is 11.4. The molecule has 1 aromatic heterocycles. The van der Waals surface area contributed by atoms with Crippen LogP contribution in [-0.4, -0.2) is 18.6 Å². The van der Waals surface area contributed by atoms with Crippen LogP contribution in [0.3, 0.4) is 0 Å². The number of halogens is 1. The Morgan fingerprint density at radius 1 is 1.20 bits per heavy atom. The van der Waals surface area contributed by atoms with Crippen LogP contribution in [0, 0.1) is 0 Å². The van der Waals surface area contributed by atoms with E-state index in [2.05, 4.69) is 66.9 Å². The number of nitrogens with zero attached hydrogens (tertiary/aromatic N) is 1. The Labute approximate surface area is 172 Å². The number of aliphatic imine (C=N–C) groups is 1. The van der Waals surface area contributed by atoms with Crippen molar-refractivity contribution in [2.45, 2.75) is 45.9 Å². The normalized spacial score (nSPS) is 12.9. The first kappa shape index (κ1) is 21.8. The van der Waals surface area contributed by atoms with Crippen molar-refractivity contribution in [2.24, 2.45) is 4.99 Å². The topological polar surface area (TPSA) is 45.7 Å². The summed E-state index contributed by atoms with van der Waals surface area (Å²) in [6, 6.07) is 12.5. The van der Waals surface area contributed by atoms with E-state index in [4.69, 9.17) is 4.74 Å². The molecule has 0 spiro atoms. The lowest BCUT2D eigenvalue weighted by atomic mass is 10.1. The Morgan fingerprint density at radius 2 is 1.92 bits per heavy atom. The number of ether oxygens (including phenoxy) is 1. The molecule has 6 heteroatoms. The van der Waals surface area contributed by atoms with E-state index in [9.17, 15) is 0 Å². The van der Waals surface area contributed by atoms with E-state index in [1.54, 1.807) is 18.4 Å². The van der Waals surface area contributed by atoms with Gasteiger partial charge >= 0.3 is 0 Å². The lowest BCUT2D eigenvalue weighted by Gasteiger charge is -2.24. The standard InChI is InChI=1S/C19H27N3OS.HI/c1-14(17-11-8-12-24-17)22-18(20-5)21-13-15-9-6-7-10-16(15)23-19(2,3)4;/h6-12,14H,13H2,1-5H3,(H2,20,21,22);1H. The second-order valence-corrected chi connectivity index (χ2v) is 7.61.